The normalized spacial score (nSPS) is 24.3. The van der Waals surface area contributed by atoms with Gasteiger partial charge < -0.3 is 4.74 Å². The van der Waals surface area contributed by atoms with Crippen LogP contribution >= 0.6 is 0 Å². The van der Waals surface area contributed by atoms with Gasteiger partial charge in [0, 0.05) is 12.1 Å². The van der Waals surface area contributed by atoms with Gasteiger partial charge in [-0.1, -0.05) is 42.5 Å². The number of nitrogens with zero attached hydrogens (tertiary/aromatic N) is 1. The van der Waals surface area contributed by atoms with Gasteiger partial charge in [0.2, 0.25) is 6.43 Å². The minimum Gasteiger partial charge on any atom is -0.465 e. The van der Waals surface area contributed by atoms with Gasteiger partial charge in [0.25, 0.3) is 5.69 Å². The molecule has 1 aliphatic rings. The van der Waals surface area contributed by atoms with Crippen molar-refractivity contribution in [1.82, 2.24) is 0 Å². The number of non-ortho nitro benzene ring substituents is 1. The van der Waals surface area contributed by atoms with Crippen LogP contribution in [0.25, 0.3) is 0 Å². The lowest BCUT2D eigenvalue weighted by Gasteiger charge is -2.25. The van der Waals surface area contributed by atoms with Crippen LogP contribution in [-0.2, 0) is 20.4 Å². The molecule has 1 aliphatic carbocycles. The summed E-state index contributed by atoms with van der Waals surface area (Å²) in [4.78, 5) is 23.0. The third-order valence-corrected chi connectivity index (χ3v) is 5.04. The van der Waals surface area contributed by atoms with Gasteiger partial charge in [0.1, 0.15) is 5.41 Å². The monoisotopic (exact) mass is 361 g/mol. The molecule has 7 heteroatoms. The average molecular weight is 361 g/mol. The highest BCUT2D eigenvalue weighted by Crippen LogP contribution is 2.69. The molecule has 2 aromatic rings. The van der Waals surface area contributed by atoms with Gasteiger partial charge in [-0.3, -0.25) is 14.9 Å². The largest absolute Gasteiger partial charge is 0.465 e. The average Bonchev–Trinajstić information content (AvgIpc) is 3.36. The molecule has 0 aliphatic heterocycles. The van der Waals surface area contributed by atoms with Gasteiger partial charge in [-0.05, 0) is 24.5 Å². The molecule has 26 heavy (non-hydrogen) atoms. The maximum Gasteiger partial charge on any atom is 0.317 e. The molecule has 0 heterocycles. The highest BCUT2D eigenvalue weighted by Gasteiger charge is 2.78. The van der Waals surface area contributed by atoms with Crippen LogP contribution in [0, 0.1) is 10.1 Å². The fourth-order valence-corrected chi connectivity index (χ4v) is 3.70. The molecule has 0 spiro atoms. The van der Waals surface area contributed by atoms with Crippen LogP contribution in [-0.4, -0.2) is 23.9 Å². The molecule has 1 fully saturated rings. The molecule has 0 aromatic heterocycles. The number of carbonyl (C=O) groups is 1. The van der Waals surface area contributed by atoms with Crippen molar-refractivity contribution in [2.45, 2.75) is 30.6 Å². The fourth-order valence-electron chi connectivity index (χ4n) is 3.70. The first-order valence-electron chi connectivity index (χ1n) is 8.16. The second kappa shape index (κ2) is 6.48. The van der Waals surface area contributed by atoms with E-state index in [0.717, 1.165) is 0 Å². The van der Waals surface area contributed by atoms with Crippen molar-refractivity contribution < 1.29 is 23.2 Å². The summed E-state index contributed by atoms with van der Waals surface area (Å²) < 4.78 is 33.6. The van der Waals surface area contributed by atoms with E-state index in [2.05, 4.69) is 0 Å². The second-order valence-corrected chi connectivity index (χ2v) is 6.24. The van der Waals surface area contributed by atoms with Crippen LogP contribution in [0.2, 0.25) is 0 Å². The number of esters is 1. The van der Waals surface area contributed by atoms with E-state index < -0.39 is 28.1 Å². The van der Waals surface area contributed by atoms with E-state index in [0.29, 0.717) is 11.1 Å². The maximum atomic E-state index is 14.2. The van der Waals surface area contributed by atoms with Gasteiger partial charge in [0.05, 0.1) is 16.9 Å². The zero-order chi connectivity index (χ0) is 18.9. The van der Waals surface area contributed by atoms with Crippen LogP contribution in [0.4, 0.5) is 14.5 Å². The van der Waals surface area contributed by atoms with Crippen LogP contribution < -0.4 is 0 Å². The minimum atomic E-state index is -2.80. The first-order valence-corrected chi connectivity index (χ1v) is 8.16. The molecule has 1 saturated carbocycles. The summed E-state index contributed by atoms with van der Waals surface area (Å²) in [5, 5.41) is 10.9. The topological polar surface area (TPSA) is 69.4 Å². The molecule has 0 radical (unpaired) electrons. The summed E-state index contributed by atoms with van der Waals surface area (Å²) in [7, 11) is 0. The van der Waals surface area contributed by atoms with Crippen molar-refractivity contribution in [2.24, 2.45) is 0 Å². The highest BCUT2D eigenvalue weighted by atomic mass is 19.3. The van der Waals surface area contributed by atoms with Gasteiger partial charge >= 0.3 is 5.97 Å². The fraction of sp³-hybridized carbons (Fsp3) is 0.316. The van der Waals surface area contributed by atoms with Crippen molar-refractivity contribution in [3.63, 3.8) is 0 Å². The number of ether oxygens (including phenoxy) is 1. The Morgan fingerprint density at radius 3 is 2.27 bits per heavy atom. The third kappa shape index (κ3) is 2.46. The second-order valence-electron chi connectivity index (χ2n) is 6.24. The van der Waals surface area contributed by atoms with Crippen molar-refractivity contribution in [3.05, 3.63) is 75.8 Å². The maximum absolute atomic E-state index is 14.2. The van der Waals surface area contributed by atoms with Gasteiger partial charge in [-0.2, -0.15) is 0 Å². The zero-order valence-corrected chi connectivity index (χ0v) is 14.0. The number of benzene rings is 2. The molecular formula is C19H17F2NO4. The molecule has 0 N–H and O–H groups in total. The number of rotatable bonds is 6. The number of halogens is 2. The third-order valence-electron chi connectivity index (χ3n) is 5.04. The first-order chi connectivity index (χ1) is 12.4. The number of hydrogen-bond acceptors (Lipinski definition) is 4. The van der Waals surface area contributed by atoms with Crippen molar-refractivity contribution in [1.29, 1.82) is 0 Å². The molecule has 5 nitrogen and oxygen atoms in total. The molecule has 0 unspecified atom stereocenters. The van der Waals surface area contributed by atoms with E-state index in [4.69, 9.17) is 4.74 Å². The number of nitro benzene ring substituents is 1. The molecule has 0 saturated heterocycles. The Kier molecular flexibility index (Phi) is 4.48. The number of hydrogen-bond donors (Lipinski definition) is 0. The summed E-state index contributed by atoms with van der Waals surface area (Å²) in [6.45, 7) is 1.66. The Bertz CT molecular complexity index is 825. The number of alkyl halides is 2. The predicted octanol–water partition coefficient (Wildman–Crippen LogP) is 4.00. The van der Waals surface area contributed by atoms with Crippen LogP contribution in [0.15, 0.2) is 54.6 Å². The molecular weight excluding hydrogens is 344 g/mol. The molecule has 2 atom stereocenters. The molecule has 0 bridgehead atoms. The Balaban J connectivity index is 2.15. The lowest BCUT2D eigenvalue weighted by atomic mass is 9.81. The molecule has 0 amide bonds. The van der Waals surface area contributed by atoms with Crippen LogP contribution in [0.5, 0.6) is 0 Å². The SMILES string of the molecule is CCOC(=O)[C@]1(c2ccc([N+](=O)[O-])cc2)C[C@]1(c1ccccc1)C(F)F. The predicted molar refractivity (Wildman–Crippen MR) is 90.1 cm³/mol. The van der Waals surface area contributed by atoms with E-state index in [9.17, 15) is 23.7 Å². The lowest BCUT2D eigenvalue weighted by Crippen LogP contribution is -2.36. The Labute approximate surface area is 148 Å². The van der Waals surface area contributed by atoms with Gasteiger partial charge in [-0.25, -0.2) is 8.78 Å². The van der Waals surface area contributed by atoms with Crippen molar-refractivity contribution in [2.75, 3.05) is 6.61 Å². The summed E-state index contributed by atoms with van der Waals surface area (Å²) in [5.41, 5.74) is -2.80. The van der Waals surface area contributed by atoms with Crippen molar-refractivity contribution >= 4 is 11.7 Å². The minimum absolute atomic E-state index is 0.0572. The van der Waals surface area contributed by atoms with Gasteiger partial charge in [-0.15, -0.1) is 0 Å². The summed E-state index contributed by atoms with van der Waals surface area (Å²) >= 11 is 0. The summed E-state index contributed by atoms with van der Waals surface area (Å²) in [6.07, 6.45) is -2.91. The van der Waals surface area contributed by atoms with Gasteiger partial charge in [0.15, 0.2) is 0 Å². The van der Waals surface area contributed by atoms with Crippen LogP contribution in [0.3, 0.4) is 0 Å². The summed E-state index contributed by atoms with van der Waals surface area (Å²) in [5.74, 6) is -0.738. The lowest BCUT2D eigenvalue weighted by molar-refractivity contribution is -0.384. The standard InChI is InChI=1S/C19H17F2NO4/c1-2-26-17(23)19(14-8-10-15(11-9-14)22(24)25)12-18(19,16(20)21)13-6-4-3-5-7-13/h3-11,16H,2,12H2,1H3/t18-,19+/m0/s1. The zero-order valence-electron chi connectivity index (χ0n) is 14.0. The highest BCUT2D eigenvalue weighted by molar-refractivity contribution is 5.91. The van der Waals surface area contributed by atoms with E-state index in [-0.39, 0.29) is 18.7 Å². The number of carbonyl (C=O) groups excluding carboxylic acids is 1. The van der Waals surface area contributed by atoms with E-state index >= 15 is 0 Å². The van der Waals surface area contributed by atoms with Crippen molar-refractivity contribution in [3.8, 4) is 0 Å². The summed E-state index contributed by atoms with van der Waals surface area (Å²) in [6, 6.07) is 13.3. The van der Waals surface area contributed by atoms with Crippen LogP contribution in [0.1, 0.15) is 24.5 Å². The Morgan fingerprint density at radius 2 is 1.77 bits per heavy atom. The van der Waals surface area contributed by atoms with E-state index in [1.54, 1.807) is 37.3 Å². The smallest absolute Gasteiger partial charge is 0.317 e. The molecule has 136 valence electrons. The quantitative estimate of drug-likeness (QED) is 0.443. The molecule has 2 aromatic carbocycles. The Morgan fingerprint density at radius 1 is 1.15 bits per heavy atom. The molecule has 3 rings (SSSR count). The van der Waals surface area contributed by atoms with E-state index in [1.807, 2.05) is 0 Å². The van der Waals surface area contributed by atoms with E-state index in [1.165, 1.54) is 24.3 Å². The Hall–Kier alpha value is -2.83. The number of nitro groups is 1. The first kappa shape index (κ1) is 18.0.